The van der Waals surface area contributed by atoms with Gasteiger partial charge in [0.25, 0.3) is 5.56 Å². The van der Waals surface area contributed by atoms with Crippen LogP contribution in [0.1, 0.15) is 23.2 Å². The van der Waals surface area contributed by atoms with E-state index in [1.54, 1.807) is 31.6 Å². The van der Waals surface area contributed by atoms with Gasteiger partial charge in [0.2, 0.25) is 0 Å². The van der Waals surface area contributed by atoms with Crippen molar-refractivity contribution in [1.29, 1.82) is 0 Å². The molecule has 0 fully saturated rings. The van der Waals surface area contributed by atoms with Crippen molar-refractivity contribution in [1.82, 2.24) is 14.9 Å². The van der Waals surface area contributed by atoms with Gasteiger partial charge in [0, 0.05) is 30.0 Å². The number of methoxy groups -OCH3 is 1. The molecule has 0 bridgehead atoms. The average Bonchev–Trinajstić information content (AvgIpc) is 3.10. The van der Waals surface area contributed by atoms with Crippen molar-refractivity contribution in [3.63, 3.8) is 0 Å². The first-order valence-corrected chi connectivity index (χ1v) is 11.7. The summed E-state index contributed by atoms with van der Waals surface area (Å²) in [5.41, 5.74) is 3.09. The highest BCUT2D eigenvalue weighted by atomic mass is 32.1. The van der Waals surface area contributed by atoms with Gasteiger partial charge in [-0.3, -0.25) is 14.7 Å². The van der Waals surface area contributed by atoms with E-state index in [0.717, 1.165) is 33.4 Å². The normalized spacial score (nSPS) is 12.7. The number of nitrogens with one attached hydrogen (secondary N) is 1. The molecule has 0 saturated carbocycles. The molecule has 3 aromatic heterocycles. The number of hydrogen-bond acceptors (Lipinski definition) is 6. The number of thiophene rings is 1. The standard InChI is InChI=1S/C25H23N3O5S/c1-32-17-6-4-15(5-7-17)13-28(25(30)31)14-19-18-3-2-12-33-21-20(18)23(24(29)27-19)34-22(21)16-8-10-26-11-9-16/h4-11H,2-3,12-14H2,1H3,(H,27,29)(H,30,31). The number of aromatic nitrogens is 2. The smallest absolute Gasteiger partial charge is 0.407 e. The highest BCUT2D eigenvalue weighted by molar-refractivity contribution is 7.22. The maximum absolute atomic E-state index is 13.1. The van der Waals surface area contributed by atoms with Crippen molar-refractivity contribution in [3.8, 4) is 21.9 Å². The van der Waals surface area contributed by atoms with Gasteiger partial charge in [0.05, 0.1) is 25.1 Å². The molecular formula is C25H23N3O5S. The molecule has 1 aromatic carbocycles. The van der Waals surface area contributed by atoms with Gasteiger partial charge in [-0.05, 0) is 53.8 Å². The number of carbonyl (C=O) groups is 1. The second kappa shape index (κ2) is 9.18. The summed E-state index contributed by atoms with van der Waals surface area (Å²) < 4.78 is 11.9. The zero-order chi connectivity index (χ0) is 23.7. The van der Waals surface area contributed by atoms with Crippen LogP contribution in [-0.2, 0) is 19.5 Å². The minimum atomic E-state index is -1.06. The molecule has 0 atom stereocenters. The summed E-state index contributed by atoms with van der Waals surface area (Å²) in [6.07, 6.45) is 3.83. The maximum atomic E-state index is 13.1. The number of amides is 1. The predicted octanol–water partition coefficient (Wildman–Crippen LogP) is 4.67. The lowest BCUT2D eigenvalue weighted by atomic mass is 10.0. The minimum Gasteiger partial charge on any atom is -0.497 e. The number of benzene rings is 1. The third kappa shape index (κ3) is 4.10. The lowest BCUT2D eigenvalue weighted by molar-refractivity contribution is 0.138. The van der Waals surface area contributed by atoms with Gasteiger partial charge in [-0.1, -0.05) is 12.1 Å². The van der Waals surface area contributed by atoms with Gasteiger partial charge in [-0.15, -0.1) is 11.3 Å². The van der Waals surface area contributed by atoms with E-state index in [4.69, 9.17) is 9.47 Å². The molecule has 174 valence electrons. The summed E-state index contributed by atoms with van der Waals surface area (Å²) >= 11 is 1.39. The molecule has 1 aliphatic rings. The monoisotopic (exact) mass is 477 g/mol. The highest BCUT2D eigenvalue weighted by Crippen LogP contribution is 2.46. The number of ether oxygens (including phenoxy) is 2. The Morgan fingerprint density at radius 3 is 2.68 bits per heavy atom. The average molecular weight is 478 g/mol. The Balaban J connectivity index is 1.57. The molecule has 34 heavy (non-hydrogen) atoms. The van der Waals surface area contributed by atoms with E-state index in [0.29, 0.717) is 34.9 Å². The second-order valence-corrected chi connectivity index (χ2v) is 9.07. The van der Waals surface area contributed by atoms with Crippen LogP contribution in [0.15, 0.2) is 53.6 Å². The summed E-state index contributed by atoms with van der Waals surface area (Å²) in [5.74, 6) is 1.40. The van der Waals surface area contributed by atoms with Crippen molar-refractivity contribution in [2.45, 2.75) is 25.9 Å². The number of nitrogens with zero attached hydrogens (tertiary/aromatic N) is 2. The highest BCUT2D eigenvalue weighted by Gasteiger charge is 2.26. The second-order valence-electron chi connectivity index (χ2n) is 8.05. The Kier molecular flexibility index (Phi) is 5.93. The number of pyridine rings is 2. The fourth-order valence-corrected chi connectivity index (χ4v) is 5.44. The van der Waals surface area contributed by atoms with Crippen LogP contribution in [0.5, 0.6) is 11.5 Å². The van der Waals surface area contributed by atoms with Crippen molar-refractivity contribution in [2.24, 2.45) is 0 Å². The lowest BCUT2D eigenvalue weighted by Crippen LogP contribution is -2.30. The van der Waals surface area contributed by atoms with E-state index in [2.05, 4.69) is 9.97 Å². The molecule has 0 aliphatic carbocycles. The van der Waals surface area contributed by atoms with Crippen LogP contribution in [0.3, 0.4) is 0 Å². The SMILES string of the molecule is COc1ccc(CN(Cc2[nH]c(=O)c3sc(-c4ccncc4)c4c3c2CCCO4)C(=O)O)cc1. The quantitative estimate of drug-likeness (QED) is 0.418. The Morgan fingerprint density at radius 1 is 1.21 bits per heavy atom. The van der Waals surface area contributed by atoms with Gasteiger partial charge < -0.3 is 19.6 Å². The molecule has 4 heterocycles. The Hall–Kier alpha value is -3.85. The number of aromatic amines is 1. The molecular weight excluding hydrogens is 454 g/mol. The molecule has 1 amide bonds. The van der Waals surface area contributed by atoms with Crippen molar-refractivity contribution >= 4 is 27.5 Å². The largest absolute Gasteiger partial charge is 0.497 e. The number of hydrogen-bond donors (Lipinski definition) is 2. The zero-order valence-electron chi connectivity index (χ0n) is 18.5. The van der Waals surface area contributed by atoms with E-state index in [9.17, 15) is 14.7 Å². The minimum absolute atomic E-state index is 0.0712. The molecule has 0 saturated heterocycles. The molecule has 2 N–H and O–H groups in total. The number of carboxylic acid groups (broad SMARTS) is 1. The summed E-state index contributed by atoms with van der Waals surface area (Å²) in [7, 11) is 1.59. The summed E-state index contributed by atoms with van der Waals surface area (Å²) in [4.78, 5) is 34.4. The van der Waals surface area contributed by atoms with E-state index in [1.165, 1.54) is 16.2 Å². The first-order valence-electron chi connectivity index (χ1n) is 10.9. The predicted molar refractivity (Wildman–Crippen MR) is 130 cm³/mol. The third-order valence-electron chi connectivity index (χ3n) is 5.91. The molecule has 5 rings (SSSR count). The van der Waals surface area contributed by atoms with Crippen LogP contribution in [0.2, 0.25) is 0 Å². The third-order valence-corrected chi connectivity index (χ3v) is 7.13. The van der Waals surface area contributed by atoms with Crippen LogP contribution in [-0.4, -0.2) is 39.8 Å². The summed E-state index contributed by atoms with van der Waals surface area (Å²) in [6, 6.07) is 11.1. The summed E-state index contributed by atoms with van der Waals surface area (Å²) in [6.45, 7) is 0.788. The van der Waals surface area contributed by atoms with E-state index in [1.807, 2.05) is 24.3 Å². The molecule has 4 aromatic rings. The lowest BCUT2D eigenvalue weighted by Gasteiger charge is -2.21. The Morgan fingerprint density at radius 2 is 1.97 bits per heavy atom. The number of rotatable bonds is 6. The van der Waals surface area contributed by atoms with E-state index < -0.39 is 6.09 Å². The van der Waals surface area contributed by atoms with Crippen molar-refractivity contribution in [2.75, 3.05) is 13.7 Å². The van der Waals surface area contributed by atoms with Gasteiger partial charge in [-0.2, -0.15) is 0 Å². The van der Waals surface area contributed by atoms with Crippen LogP contribution in [0.4, 0.5) is 4.79 Å². The van der Waals surface area contributed by atoms with Gasteiger partial charge in [0.1, 0.15) is 16.2 Å². The number of H-pyrrole nitrogens is 1. The molecule has 0 radical (unpaired) electrons. The van der Waals surface area contributed by atoms with Gasteiger partial charge in [0.15, 0.2) is 0 Å². The first-order chi connectivity index (χ1) is 16.5. The topological polar surface area (TPSA) is 105 Å². The van der Waals surface area contributed by atoms with Crippen LogP contribution in [0, 0.1) is 0 Å². The molecule has 8 nitrogen and oxygen atoms in total. The molecule has 0 unspecified atom stereocenters. The van der Waals surface area contributed by atoms with Gasteiger partial charge >= 0.3 is 6.09 Å². The molecule has 1 aliphatic heterocycles. The maximum Gasteiger partial charge on any atom is 0.407 e. The Labute approximate surface area is 199 Å². The van der Waals surface area contributed by atoms with Crippen LogP contribution >= 0.6 is 11.3 Å². The van der Waals surface area contributed by atoms with Gasteiger partial charge in [-0.25, -0.2) is 4.79 Å². The van der Waals surface area contributed by atoms with E-state index in [-0.39, 0.29) is 18.6 Å². The molecule has 0 spiro atoms. The van der Waals surface area contributed by atoms with Crippen LogP contribution in [0.25, 0.3) is 20.5 Å². The fourth-order valence-electron chi connectivity index (χ4n) is 4.27. The summed E-state index contributed by atoms with van der Waals surface area (Å²) in [5, 5.41) is 10.7. The molecule has 9 heteroatoms. The van der Waals surface area contributed by atoms with Crippen molar-refractivity contribution < 1.29 is 19.4 Å². The first kappa shape index (κ1) is 22.0. The van der Waals surface area contributed by atoms with Crippen LogP contribution < -0.4 is 15.0 Å². The number of aryl methyl sites for hydroxylation is 1. The Bertz CT molecular complexity index is 1400. The zero-order valence-corrected chi connectivity index (χ0v) is 19.4. The van der Waals surface area contributed by atoms with E-state index >= 15 is 0 Å². The van der Waals surface area contributed by atoms with Crippen molar-refractivity contribution in [3.05, 3.63) is 76.0 Å². The fraction of sp³-hybridized carbons (Fsp3) is 0.240.